The maximum absolute atomic E-state index is 6.62. The molecule has 0 saturated carbocycles. The molecule has 274 valence electrons. The maximum Gasteiger partial charge on any atom is 0.166 e. The Morgan fingerprint density at radius 3 is 1.93 bits per heavy atom. The smallest absolute Gasteiger partial charge is 0.166 e. The lowest BCUT2D eigenvalue weighted by Crippen LogP contribution is -2.04. The molecule has 0 aliphatic heterocycles. The lowest BCUT2D eigenvalue weighted by Gasteiger charge is -2.16. The van der Waals surface area contributed by atoms with Crippen molar-refractivity contribution in [2.45, 2.75) is 0 Å². The lowest BCUT2D eigenvalue weighted by atomic mass is 10.0. The Bertz CT molecular complexity index is 3870. The Kier molecular flexibility index (Phi) is 6.82. The molecule has 0 unspecified atom stereocenters. The normalized spacial score (nSPS) is 12.1. The molecule has 0 spiro atoms. The highest BCUT2D eigenvalue weighted by molar-refractivity contribution is 7.26. The summed E-state index contributed by atoms with van der Waals surface area (Å²) in [7, 11) is 0. The van der Waals surface area contributed by atoms with Gasteiger partial charge in [-0.3, -0.25) is 0 Å². The summed E-state index contributed by atoms with van der Waals surface area (Å²) < 4.78 is 11.4. The van der Waals surface area contributed by atoms with Gasteiger partial charge in [0.15, 0.2) is 17.5 Å². The van der Waals surface area contributed by atoms with Crippen LogP contribution in [0.15, 0.2) is 186 Å². The molecule has 5 nitrogen and oxygen atoms in total. The molecule has 0 aliphatic rings. The average Bonchev–Trinajstić information content (AvgIpc) is 3.97. The van der Waals surface area contributed by atoms with Gasteiger partial charge in [-0.15, -0.1) is 11.3 Å². The minimum absolute atomic E-state index is 0.588. The first-order valence-electron chi connectivity index (χ1n) is 19.8. The number of thiophene rings is 1. The summed E-state index contributed by atoms with van der Waals surface area (Å²) in [6.45, 7) is 0. The van der Waals surface area contributed by atoms with Crippen LogP contribution in [-0.2, 0) is 0 Å². The van der Waals surface area contributed by atoms with Gasteiger partial charge in [0.05, 0.1) is 22.1 Å². The first-order chi connectivity index (χ1) is 29.2. The van der Waals surface area contributed by atoms with Crippen LogP contribution < -0.4 is 0 Å². The van der Waals surface area contributed by atoms with Gasteiger partial charge in [-0.2, -0.15) is 0 Å². The van der Waals surface area contributed by atoms with Gasteiger partial charge in [-0.1, -0.05) is 127 Å². The van der Waals surface area contributed by atoms with E-state index >= 15 is 0 Å². The van der Waals surface area contributed by atoms with Crippen molar-refractivity contribution < 1.29 is 4.42 Å². The van der Waals surface area contributed by atoms with Crippen molar-refractivity contribution in [3.63, 3.8) is 0 Å². The summed E-state index contributed by atoms with van der Waals surface area (Å²) in [6, 6.07) is 64.4. The Hall–Kier alpha value is -7.67. The molecule has 4 heterocycles. The first kappa shape index (κ1) is 32.4. The van der Waals surface area contributed by atoms with Crippen LogP contribution in [0.5, 0.6) is 0 Å². The number of rotatable bonds is 4. The van der Waals surface area contributed by atoms with E-state index in [2.05, 4.69) is 174 Å². The van der Waals surface area contributed by atoms with Gasteiger partial charge < -0.3 is 8.98 Å². The highest BCUT2D eigenvalue weighted by Gasteiger charge is 2.25. The van der Waals surface area contributed by atoms with Crippen molar-refractivity contribution in [2.24, 2.45) is 0 Å². The number of hydrogen-bond donors (Lipinski definition) is 0. The third kappa shape index (κ3) is 4.87. The van der Waals surface area contributed by atoms with Crippen molar-refractivity contribution in [3.05, 3.63) is 182 Å². The summed E-state index contributed by atoms with van der Waals surface area (Å²) >= 11 is 1.78. The number of nitrogens with zero attached hydrogens (tertiary/aromatic N) is 4. The molecule has 0 aliphatic carbocycles. The second-order valence-corrected chi connectivity index (χ2v) is 16.2. The second-order valence-electron chi connectivity index (χ2n) is 15.2. The molecule has 13 rings (SSSR count). The molecule has 0 bridgehead atoms. The van der Waals surface area contributed by atoms with Gasteiger partial charge in [-0.25, -0.2) is 15.0 Å². The van der Waals surface area contributed by atoms with Gasteiger partial charge in [0.25, 0.3) is 0 Å². The van der Waals surface area contributed by atoms with Crippen LogP contribution in [-0.4, -0.2) is 19.5 Å². The molecule has 4 aromatic heterocycles. The molecule has 0 N–H and O–H groups in total. The standard InChI is InChI=1S/C53H30N4OS/c1-2-13-32-28-35(25-24-31(32)12-1)51-54-52(56-53(55-51)41-20-11-19-38-37-17-7-10-23-47(37)59-50(38)41)40-26-27-46-48(39-18-6-9-22-45(39)58-46)49(40)57-43-21-8-5-16-36(43)42-29-33-14-3-4-15-34(33)30-44(42)57/h1-30H. The van der Waals surface area contributed by atoms with Crippen LogP contribution >= 0.6 is 11.3 Å². The van der Waals surface area contributed by atoms with E-state index in [4.69, 9.17) is 19.4 Å². The van der Waals surface area contributed by atoms with Gasteiger partial charge in [-0.05, 0) is 76.1 Å². The Morgan fingerprint density at radius 1 is 0.407 bits per heavy atom. The molecule has 6 heteroatoms. The molecule has 0 fully saturated rings. The first-order valence-corrected chi connectivity index (χ1v) is 20.6. The Labute approximate surface area is 341 Å². The van der Waals surface area contributed by atoms with Crippen molar-refractivity contribution in [1.82, 2.24) is 19.5 Å². The van der Waals surface area contributed by atoms with Crippen LogP contribution in [0.1, 0.15) is 0 Å². The molecule has 9 aromatic carbocycles. The highest BCUT2D eigenvalue weighted by Crippen LogP contribution is 2.45. The second kappa shape index (κ2) is 12.4. The van der Waals surface area contributed by atoms with E-state index in [1.54, 1.807) is 11.3 Å². The largest absolute Gasteiger partial charge is 0.456 e. The van der Waals surface area contributed by atoms with E-state index in [1.807, 2.05) is 12.1 Å². The number of aromatic nitrogens is 4. The van der Waals surface area contributed by atoms with Crippen molar-refractivity contribution in [3.8, 4) is 39.9 Å². The quantitative estimate of drug-likeness (QED) is 0.179. The zero-order chi connectivity index (χ0) is 38.6. The lowest BCUT2D eigenvalue weighted by molar-refractivity contribution is 0.669. The zero-order valence-electron chi connectivity index (χ0n) is 31.4. The average molecular weight is 771 g/mol. The van der Waals surface area contributed by atoms with Gasteiger partial charge >= 0.3 is 0 Å². The van der Waals surface area contributed by atoms with Crippen LogP contribution in [0, 0.1) is 0 Å². The van der Waals surface area contributed by atoms with E-state index in [-0.39, 0.29) is 0 Å². The van der Waals surface area contributed by atoms with Crippen molar-refractivity contribution in [2.75, 3.05) is 0 Å². The summed E-state index contributed by atoms with van der Waals surface area (Å²) in [5.41, 5.74) is 7.59. The number of para-hydroxylation sites is 2. The van der Waals surface area contributed by atoms with Crippen molar-refractivity contribution in [1.29, 1.82) is 0 Å². The fourth-order valence-electron chi connectivity index (χ4n) is 9.10. The van der Waals surface area contributed by atoms with E-state index in [0.717, 1.165) is 65.4 Å². The number of benzene rings is 9. The van der Waals surface area contributed by atoms with Gasteiger partial charge in [0.2, 0.25) is 0 Å². The van der Waals surface area contributed by atoms with Crippen LogP contribution in [0.2, 0.25) is 0 Å². The number of fused-ring (bicyclic) bond motifs is 11. The zero-order valence-corrected chi connectivity index (χ0v) is 32.2. The third-order valence-electron chi connectivity index (χ3n) is 11.8. The fraction of sp³-hybridized carbons (Fsp3) is 0. The molecular weight excluding hydrogens is 741 g/mol. The van der Waals surface area contributed by atoms with Crippen LogP contribution in [0.4, 0.5) is 0 Å². The van der Waals surface area contributed by atoms with Crippen LogP contribution in [0.25, 0.3) is 125 Å². The summed E-state index contributed by atoms with van der Waals surface area (Å²) in [5, 5.41) is 11.5. The van der Waals surface area contributed by atoms with E-state index < -0.39 is 0 Å². The number of hydrogen-bond acceptors (Lipinski definition) is 5. The number of furan rings is 1. The predicted molar refractivity (Wildman–Crippen MR) is 246 cm³/mol. The van der Waals surface area contributed by atoms with Crippen molar-refractivity contribution >= 4 is 96.8 Å². The minimum atomic E-state index is 0.588. The monoisotopic (exact) mass is 770 g/mol. The fourth-order valence-corrected chi connectivity index (χ4v) is 10.3. The topological polar surface area (TPSA) is 56.7 Å². The molecule has 0 saturated heterocycles. The molecule has 0 radical (unpaired) electrons. The molecule has 0 amide bonds. The predicted octanol–water partition coefficient (Wildman–Crippen LogP) is 14.5. The van der Waals surface area contributed by atoms with E-state index in [0.29, 0.717) is 17.5 Å². The summed E-state index contributed by atoms with van der Waals surface area (Å²) in [5.74, 6) is 1.84. The van der Waals surface area contributed by atoms with Crippen LogP contribution in [0.3, 0.4) is 0 Å². The molecule has 59 heavy (non-hydrogen) atoms. The van der Waals surface area contributed by atoms with Gasteiger partial charge in [0.1, 0.15) is 11.2 Å². The maximum atomic E-state index is 6.62. The molecular formula is C53H30N4OS. The minimum Gasteiger partial charge on any atom is -0.456 e. The van der Waals surface area contributed by atoms with Gasteiger partial charge in [0, 0.05) is 53.0 Å². The Morgan fingerprint density at radius 2 is 1.07 bits per heavy atom. The summed E-state index contributed by atoms with van der Waals surface area (Å²) in [6.07, 6.45) is 0. The SMILES string of the molecule is c1ccc2cc(-c3nc(-c4ccc5oc6ccccc6c5c4-n4c5ccccc5c5cc6ccccc6cc54)nc(-c4cccc5c4sc4ccccc45)n3)ccc2c1. The molecule has 0 atom stereocenters. The Balaban J connectivity index is 1.17. The summed E-state index contributed by atoms with van der Waals surface area (Å²) in [4.78, 5) is 16.2. The molecule has 13 aromatic rings. The van der Waals surface area contributed by atoms with E-state index in [9.17, 15) is 0 Å². The van der Waals surface area contributed by atoms with E-state index in [1.165, 1.54) is 42.4 Å². The highest BCUT2D eigenvalue weighted by atomic mass is 32.1. The third-order valence-corrected chi connectivity index (χ3v) is 13.0.